The molecule has 0 saturated carbocycles. The predicted octanol–water partition coefficient (Wildman–Crippen LogP) is 3.47. The Morgan fingerprint density at radius 2 is 1.53 bits per heavy atom. The van der Waals surface area contributed by atoms with Crippen molar-refractivity contribution < 1.29 is 9.16 Å². The Kier molecular flexibility index (Phi) is 7.95. The van der Waals surface area contributed by atoms with Gasteiger partial charge in [-0.15, -0.1) is 0 Å². The normalized spacial score (nSPS) is 13.2. The van der Waals surface area contributed by atoms with Gasteiger partial charge in [-0.05, 0) is 19.5 Å². The van der Waals surface area contributed by atoms with E-state index in [2.05, 4.69) is 55.3 Å². The van der Waals surface area contributed by atoms with E-state index in [0.717, 1.165) is 30.7 Å². The van der Waals surface area contributed by atoms with Crippen LogP contribution in [0.1, 0.15) is 6.42 Å². The second-order valence-corrected chi connectivity index (χ2v) is 22.3. The van der Waals surface area contributed by atoms with Crippen LogP contribution < -0.4 is 0 Å². The van der Waals surface area contributed by atoms with Gasteiger partial charge in [0.25, 0.3) is 0 Å². The molecule has 0 rings (SSSR count). The molecule has 0 fully saturated rings. The maximum absolute atomic E-state index is 6.09. The van der Waals surface area contributed by atoms with E-state index in [1.165, 1.54) is 0 Å². The molecular weight excluding hydrogens is 335 g/mol. The summed E-state index contributed by atoms with van der Waals surface area (Å²) in [5, 5.41) is 0. The zero-order chi connectivity index (χ0) is 11.9. The molecule has 0 unspecified atom stereocenters. The molecule has 92 valence electrons. The monoisotopic (exact) mass is 360 g/mol. The van der Waals surface area contributed by atoms with Crippen molar-refractivity contribution in [1.82, 2.24) is 0 Å². The Bertz CT molecular complexity index is 169. The van der Waals surface area contributed by atoms with Crippen molar-refractivity contribution >= 4 is 38.0 Å². The van der Waals surface area contributed by atoms with Gasteiger partial charge in [0.1, 0.15) is 0 Å². The molecule has 0 aromatic rings. The number of ether oxygens (including phenoxy) is 1. The summed E-state index contributed by atoms with van der Waals surface area (Å²) >= 11 is 2.33. The molecule has 5 heteroatoms. The lowest BCUT2D eigenvalue weighted by Gasteiger charge is -2.34. The Hall–Kier alpha value is 1.08. The topological polar surface area (TPSA) is 18.5 Å². The van der Waals surface area contributed by atoms with Crippen molar-refractivity contribution in [2.24, 2.45) is 0 Å². The number of hydrogen-bond acceptors (Lipinski definition) is 2. The van der Waals surface area contributed by atoms with Gasteiger partial charge in [0.2, 0.25) is 0 Å². The Morgan fingerprint density at radius 1 is 0.933 bits per heavy atom. The van der Waals surface area contributed by atoms with Gasteiger partial charge in [0, 0.05) is 17.6 Å². The van der Waals surface area contributed by atoms with Gasteiger partial charge in [-0.3, -0.25) is 0 Å². The van der Waals surface area contributed by atoms with Crippen LogP contribution in [0.4, 0.5) is 0 Å². The third-order valence-electron chi connectivity index (χ3n) is 2.92. The summed E-state index contributed by atoms with van der Waals surface area (Å²) < 4.78 is 12.6. The molecule has 0 aliphatic carbocycles. The van der Waals surface area contributed by atoms with Crippen LogP contribution in [0.3, 0.4) is 0 Å². The SMILES string of the molecule is C[Si](C)(C)[Si](C)(C)OCCCOCCI. The van der Waals surface area contributed by atoms with Crippen molar-refractivity contribution in [1.29, 1.82) is 0 Å². The molecule has 0 N–H and O–H groups in total. The minimum absolute atomic E-state index is 0.846. The number of alkyl halides is 1. The van der Waals surface area contributed by atoms with Crippen LogP contribution in [0.5, 0.6) is 0 Å². The average Bonchev–Trinajstić information content (AvgIpc) is 2.09. The largest absolute Gasteiger partial charge is 0.420 e. The van der Waals surface area contributed by atoms with E-state index in [-0.39, 0.29) is 0 Å². The van der Waals surface area contributed by atoms with Crippen LogP contribution in [0.2, 0.25) is 32.7 Å². The Labute approximate surface area is 110 Å². The summed E-state index contributed by atoms with van der Waals surface area (Å²) in [6, 6.07) is 0. The fourth-order valence-corrected chi connectivity index (χ4v) is 3.87. The van der Waals surface area contributed by atoms with Crippen LogP contribution >= 0.6 is 22.6 Å². The zero-order valence-corrected chi connectivity index (χ0v) is 14.9. The van der Waals surface area contributed by atoms with E-state index in [1.807, 2.05) is 0 Å². The summed E-state index contributed by atoms with van der Waals surface area (Å²) in [7, 11) is -2.48. The third-order valence-corrected chi connectivity index (χ3v) is 19.2. The fourth-order valence-electron chi connectivity index (χ4n) is 0.861. The maximum atomic E-state index is 6.09. The van der Waals surface area contributed by atoms with Gasteiger partial charge in [-0.1, -0.05) is 42.2 Å². The number of hydrogen-bond donors (Lipinski definition) is 0. The lowest BCUT2D eigenvalue weighted by Crippen LogP contribution is -2.54. The third kappa shape index (κ3) is 7.09. The summed E-state index contributed by atoms with van der Waals surface area (Å²) in [6.45, 7) is 14.5. The molecule has 0 aliphatic heterocycles. The average molecular weight is 360 g/mol. The standard InChI is InChI=1S/C10H25IO2Si2/c1-14(2,3)15(4,5)13-9-6-8-12-10-7-11/h6-10H2,1-5H3. The van der Waals surface area contributed by atoms with E-state index < -0.39 is 15.4 Å². The minimum atomic E-state index is -1.39. The first-order valence-electron chi connectivity index (χ1n) is 5.59. The van der Waals surface area contributed by atoms with Crippen molar-refractivity contribution in [2.75, 3.05) is 24.2 Å². The second-order valence-electron chi connectivity index (χ2n) is 5.26. The second kappa shape index (κ2) is 7.42. The van der Waals surface area contributed by atoms with Gasteiger partial charge >= 0.3 is 0 Å². The van der Waals surface area contributed by atoms with E-state index in [4.69, 9.17) is 9.16 Å². The van der Waals surface area contributed by atoms with E-state index in [1.54, 1.807) is 0 Å². The van der Waals surface area contributed by atoms with Gasteiger partial charge < -0.3 is 9.16 Å². The van der Waals surface area contributed by atoms with E-state index in [0.29, 0.717) is 0 Å². The molecule has 0 aliphatic rings. The smallest absolute Gasteiger partial charge is 0.173 e. The predicted molar refractivity (Wildman–Crippen MR) is 81.1 cm³/mol. The highest BCUT2D eigenvalue weighted by Gasteiger charge is 2.38. The molecule has 0 aromatic heterocycles. The molecule has 0 bridgehead atoms. The molecule has 0 atom stereocenters. The van der Waals surface area contributed by atoms with Crippen molar-refractivity contribution in [3.63, 3.8) is 0 Å². The lowest BCUT2D eigenvalue weighted by molar-refractivity contribution is 0.133. The Balaban J connectivity index is 3.58. The van der Waals surface area contributed by atoms with Gasteiger partial charge in [0.05, 0.1) is 14.2 Å². The number of halogens is 1. The summed E-state index contributed by atoms with van der Waals surface area (Å²) in [5.74, 6) is 0. The number of rotatable bonds is 8. The minimum Gasteiger partial charge on any atom is -0.420 e. The van der Waals surface area contributed by atoms with Crippen LogP contribution in [-0.4, -0.2) is 39.7 Å². The summed E-state index contributed by atoms with van der Waals surface area (Å²) in [6.07, 6.45) is 1.04. The highest BCUT2D eigenvalue weighted by atomic mass is 127. The van der Waals surface area contributed by atoms with Crippen molar-refractivity contribution in [3.8, 4) is 0 Å². The maximum Gasteiger partial charge on any atom is 0.173 e. The molecule has 0 radical (unpaired) electrons. The Morgan fingerprint density at radius 3 is 2.00 bits per heavy atom. The van der Waals surface area contributed by atoms with Gasteiger partial charge in [-0.2, -0.15) is 0 Å². The molecule has 0 heterocycles. The fraction of sp³-hybridized carbons (Fsp3) is 1.00. The van der Waals surface area contributed by atoms with Crippen LogP contribution in [0.25, 0.3) is 0 Å². The first-order valence-corrected chi connectivity index (χ1v) is 14.5. The lowest BCUT2D eigenvalue weighted by atomic mass is 10.5. The van der Waals surface area contributed by atoms with E-state index in [9.17, 15) is 0 Å². The first kappa shape index (κ1) is 16.1. The summed E-state index contributed by atoms with van der Waals surface area (Å²) in [5.41, 5.74) is 0. The summed E-state index contributed by atoms with van der Waals surface area (Å²) in [4.78, 5) is 0. The van der Waals surface area contributed by atoms with Crippen LogP contribution in [0.15, 0.2) is 0 Å². The van der Waals surface area contributed by atoms with E-state index >= 15 is 0 Å². The molecule has 15 heavy (non-hydrogen) atoms. The van der Waals surface area contributed by atoms with Crippen LogP contribution in [-0.2, 0) is 9.16 Å². The molecule has 0 spiro atoms. The first-order chi connectivity index (χ1) is 6.81. The molecule has 2 nitrogen and oxygen atoms in total. The highest BCUT2D eigenvalue weighted by Crippen LogP contribution is 2.19. The van der Waals surface area contributed by atoms with Crippen molar-refractivity contribution in [3.05, 3.63) is 0 Å². The molecule has 0 aromatic carbocycles. The van der Waals surface area contributed by atoms with Crippen molar-refractivity contribution in [2.45, 2.75) is 39.2 Å². The quantitative estimate of drug-likeness (QED) is 0.286. The highest BCUT2D eigenvalue weighted by molar-refractivity contribution is 14.1. The van der Waals surface area contributed by atoms with Gasteiger partial charge in [0.15, 0.2) is 7.83 Å². The zero-order valence-electron chi connectivity index (χ0n) is 10.7. The molecule has 0 saturated heterocycles. The van der Waals surface area contributed by atoms with Gasteiger partial charge in [-0.25, -0.2) is 0 Å². The molecular formula is C10H25IO2Si2. The molecule has 0 amide bonds. The van der Waals surface area contributed by atoms with Crippen LogP contribution in [0, 0.1) is 0 Å².